The molecule has 230 valence electrons. The van der Waals surface area contributed by atoms with Gasteiger partial charge in [0.2, 0.25) is 0 Å². The normalized spacial score (nSPS) is 40.5. The summed E-state index contributed by atoms with van der Waals surface area (Å²) in [5.74, 6) is -2.64. The summed E-state index contributed by atoms with van der Waals surface area (Å²) >= 11 is 0. The zero-order valence-electron chi connectivity index (χ0n) is 25.6. The van der Waals surface area contributed by atoms with E-state index in [4.69, 9.17) is 28.4 Å². The number of ketones is 1. The van der Waals surface area contributed by atoms with E-state index >= 15 is 4.79 Å². The van der Waals surface area contributed by atoms with Crippen LogP contribution >= 0.6 is 0 Å². The average molecular weight is 587 g/mol. The van der Waals surface area contributed by atoms with Gasteiger partial charge >= 0.3 is 11.9 Å². The highest BCUT2D eigenvalue weighted by molar-refractivity contribution is 5.94. The van der Waals surface area contributed by atoms with E-state index < -0.39 is 70.4 Å². The number of aliphatic hydroxyl groups is 1. The largest absolute Gasteiger partial charge is 0.455 e. The SMILES string of the molecule is CO[C@H]1C(=O)[C@]2(C)[C@@H](OC)C[C@H]3OC[C@@]3(OC(C)=O)[C@H]2[C@H](OC(=O)c2ccccc2)C2(O)C[C@H](OC)C(C)=C1C2(C)C. The fraction of sp³-hybridized carbons (Fsp3) is 0.656. The van der Waals surface area contributed by atoms with E-state index in [1.165, 1.54) is 28.3 Å². The second-order valence-corrected chi connectivity index (χ2v) is 12.8. The van der Waals surface area contributed by atoms with Gasteiger partial charge in [0.05, 0.1) is 35.7 Å². The van der Waals surface area contributed by atoms with Crippen LogP contribution in [0.4, 0.5) is 0 Å². The minimum absolute atomic E-state index is 0.0375. The number of hydrogen-bond donors (Lipinski definition) is 1. The lowest BCUT2D eigenvalue weighted by molar-refractivity contribution is -0.347. The van der Waals surface area contributed by atoms with Gasteiger partial charge in [-0.25, -0.2) is 4.79 Å². The molecule has 0 amide bonds. The number of fused-ring (bicyclic) bond motifs is 5. The van der Waals surface area contributed by atoms with Crippen molar-refractivity contribution in [3.63, 3.8) is 0 Å². The molecule has 2 bridgehead atoms. The molecule has 9 atom stereocenters. The van der Waals surface area contributed by atoms with Crippen molar-refractivity contribution < 1.29 is 47.9 Å². The lowest BCUT2D eigenvalue weighted by atomic mass is 9.44. The van der Waals surface area contributed by atoms with E-state index in [0.717, 1.165) is 5.57 Å². The Balaban J connectivity index is 1.85. The van der Waals surface area contributed by atoms with Crippen LogP contribution in [0.2, 0.25) is 0 Å². The van der Waals surface area contributed by atoms with Crippen LogP contribution < -0.4 is 0 Å². The van der Waals surface area contributed by atoms with Gasteiger partial charge in [-0.1, -0.05) is 32.0 Å². The number of hydrogen-bond acceptors (Lipinski definition) is 10. The van der Waals surface area contributed by atoms with Crippen LogP contribution in [0.25, 0.3) is 0 Å². The lowest BCUT2D eigenvalue weighted by Crippen LogP contribution is -2.82. The molecule has 3 fully saturated rings. The molecule has 1 aromatic rings. The molecule has 0 spiro atoms. The van der Waals surface area contributed by atoms with Gasteiger partial charge in [-0.15, -0.1) is 0 Å². The molecule has 10 nitrogen and oxygen atoms in total. The lowest BCUT2D eigenvalue weighted by Gasteiger charge is -2.68. The molecule has 3 aliphatic carbocycles. The molecular formula is C32H42O10. The number of ether oxygens (including phenoxy) is 6. The monoisotopic (exact) mass is 586 g/mol. The molecule has 10 heteroatoms. The summed E-state index contributed by atoms with van der Waals surface area (Å²) in [6.45, 7) is 8.53. The summed E-state index contributed by atoms with van der Waals surface area (Å²) in [4.78, 5) is 41.5. The quantitative estimate of drug-likeness (QED) is 0.393. The van der Waals surface area contributed by atoms with Crippen molar-refractivity contribution in [2.45, 2.75) is 89.2 Å². The number of Topliss-reactive ketones (excluding diaryl/α,β-unsaturated/α-hetero) is 1. The Labute approximate surface area is 246 Å². The van der Waals surface area contributed by atoms with E-state index in [1.807, 2.05) is 20.8 Å². The van der Waals surface area contributed by atoms with Gasteiger partial charge in [0, 0.05) is 46.5 Å². The van der Waals surface area contributed by atoms with Crippen molar-refractivity contribution >= 4 is 17.7 Å². The van der Waals surface area contributed by atoms with Crippen LogP contribution in [0.3, 0.4) is 0 Å². The van der Waals surface area contributed by atoms with Crippen molar-refractivity contribution in [3.8, 4) is 0 Å². The average Bonchev–Trinajstić information content (AvgIpc) is 2.94. The summed E-state index contributed by atoms with van der Waals surface area (Å²) < 4.78 is 36.3. The van der Waals surface area contributed by atoms with Crippen LogP contribution in [0.1, 0.15) is 57.8 Å². The Morgan fingerprint density at radius 1 is 1.02 bits per heavy atom. The predicted octanol–water partition coefficient (Wildman–Crippen LogP) is 3.04. The molecule has 1 saturated heterocycles. The number of carbonyl (C=O) groups excluding carboxylic acids is 3. The third-order valence-corrected chi connectivity index (χ3v) is 10.7. The van der Waals surface area contributed by atoms with E-state index in [-0.39, 0.29) is 30.8 Å². The first-order valence-corrected chi connectivity index (χ1v) is 14.4. The van der Waals surface area contributed by atoms with Gasteiger partial charge in [-0.05, 0) is 37.1 Å². The van der Waals surface area contributed by atoms with Gasteiger partial charge in [0.1, 0.15) is 23.9 Å². The topological polar surface area (TPSA) is 127 Å². The number of rotatable bonds is 6. The molecule has 1 aliphatic heterocycles. The van der Waals surface area contributed by atoms with Crippen LogP contribution in [-0.2, 0) is 38.0 Å². The van der Waals surface area contributed by atoms with Gasteiger partial charge in [0.25, 0.3) is 0 Å². The van der Waals surface area contributed by atoms with Crippen LogP contribution in [0, 0.1) is 16.7 Å². The molecule has 1 unspecified atom stereocenters. The molecule has 1 N–H and O–H groups in total. The highest BCUT2D eigenvalue weighted by atomic mass is 16.6. The second kappa shape index (κ2) is 10.5. The molecule has 2 saturated carbocycles. The van der Waals surface area contributed by atoms with Crippen molar-refractivity contribution in [3.05, 3.63) is 47.0 Å². The van der Waals surface area contributed by atoms with Crippen molar-refractivity contribution in [1.82, 2.24) is 0 Å². The molecule has 1 heterocycles. The van der Waals surface area contributed by atoms with Gasteiger partial charge in [0.15, 0.2) is 11.4 Å². The summed E-state index contributed by atoms with van der Waals surface area (Å²) in [7, 11) is 4.50. The Morgan fingerprint density at radius 2 is 1.69 bits per heavy atom. The second-order valence-electron chi connectivity index (χ2n) is 12.8. The predicted molar refractivity (Wildman–Crippen MR) is 150 cm³/mol. The molecule has 5 rings (SSSR count). The molecule has 0 radical (unpaired) electrons. The first-order valence-electron chi connectivity index (χ1n) is 14.4. The van der Waals surface area contributed by atoms with Gasteiger partial charge in [-0.2, -0.15) is 0 Å². The van der Waals surface area contributed by atoms with Crippen molar-refractivity contribution in [2.24, 2.45) is 16.7 Å². The number of carbonyl (C=O) groups is 3. The van der Waals surface area contributed by atoms with Crippen LogP contribution in [0.15, 0.2) is 41.5 Å². The smallest absolute Gasteiger partial charge is 0.338 e. The van der Waals surface area contributed by atoms with Gasteiger partial charge < -0.3 is 33.5 Å². The fourth-order valence-electron chi connectivity index (χ4n) is 8.41. The third kappa shape index (κ3) is 4.06. The Hall–Kier alpha value is -2.63. The molecule has 4 aliphatic rings. The van der Waals surface area contributed by atoms with E-state index in [2.05, 4.69) is 0 Å². The maximum absolute atomic E-state index is 15.0. The third-order valence-electron chi connectivity index (χ3n) is 10.7. The molecular weight excluding hydrogens is 544 g/mol. The van der Waals surface area contributed by atoms with E-state index in [1.54, 1.807) is 37.3 Å². The zero-order valence-corrected chi connectivity index (χ0v) is 25.6. The highest BCUT2D eigenvalue weighted by Gasteiger charge is 2.78. The minimum atomic E-state index is -1.81. The number of benzene rings is 1. The van der Waals surface area contributed by atoms with Crippen molar-refractivity contribution in [1.29, 1.82) is 0 Å². The Bertz CT molecular complexity index is 1290. The molecule has 1 aromatic carbocycles. The highest BCUT2D eigenvalue weighted by Crippen LogP contribution is 2.64. The number of methoxy groups -OCH3 is 3. The Kier molecular flexibility index (Phi) is 7.72. The fourth-order valence-corrected chi connectivity index (χ4v) is 8.41. The standard InChI is InChI=1S/C32H42O10/c1-17-20(37-6)15-32(36)27(41-28(35)19-12-10-9-11-13-19)25-30(5,26(34)24(39-8)23(17)29(32,3)4)21(38-7)14-22-31(25,16-40-22)42-18(2)33/h9-13,20-22,24-25,27,36H,14-16H2,1-8H3/t20-,21-,22+,24+,25-,27-,30+,31-,32?/m0/s1. The van der Waals surface area contributed by atoms with Crippen LogP contribution in [0.5, 0.6) is 0 Å². The summed E-state index contributed by atoms with van der Waals surface area (Å²) in [5, 5.41) is 13.1. The minimum Gasteiger partial charge on any atom is -0.455 e. The summed E-state index contributed by atoms with van der Waals surface area (Å²) in [6, 6.07) is 8.46. The van der Waals surface area contributed by atoms with Gasteiger partial charge in [-0.3, -0.25) is 9.59 Å². The van der Waals surface area contributed by atoms with Crippen LogP contribution in [-0.4, -0.2) is 92.5 Å². The summed E-state index contributed by atoms with van der Waals surface area (Å²) in [6.07, 6.45) is -4.12. The first kappa shape index (κ1) is 30.8. The Morgan fingerprint density at radius 3 is 2.21 bits per heavy atom. The zero-order chi connectivity index (χ0) is 30.8. The number of esters is 2. The maximum atomic E-state index is 15.0. The van der Waals surface area contributed by atoms with E-state index in [9.17, 15) is 14.7 Å². The van der Waals surface area contributed by atoms with E-state index in [0.29, 0.717) is 5.57 Å². The maximum Gasteiger partial charge on any atom is 0.338 e. The summed E-state index contributed by atoms with van der Waals surface area (Å²) in [5.41, 5.74) is -4.17. The molecule has 42 heavy (non-hydrogen) atoms. The van der Waals surface area contributed by atoms with Crippen molar-refractivity contribution in [2.75, 3.05) is 27.9 Å². The molecule has 0 aromatic heterocycles. The first-order chi connectivity index (χ1) is 19.7.